The number of halogens is 2. The fourth-order valence-corrected chi connectivity index (χ4v) is 4.40. The molecule has 3 aromatic heterocycles. The minimum absolute atomic E-state index is 0.230. The van der Waals surface area contributed by atoms with Gasteiger partial charge in [-0.1, -0.05) is 41.4 Å². The van der Waals surface area contributed by atoms with Crippen LogP contribution < -0.4 is 5.56 Å². The number of aromatic nitrogens is 4. The van der Waals surface area contributed by atoms with E-state index >= 15 is 0 Å². The number of pyridine rings is 2. The summed E-state index contributed by atoms with van der Waals surface area (Å²) in [4.78, 5) is 23.8. The first-order valence-corrected chi connectivity index (χ1v) is 10.9. The second-order valence-corrected chi connectivity index (χ2v) is 8.65. The molecule has 5 aromatic rings. The van der Waals surface area contributed by atoms with Crippen LogP contribution in [0.3, 0.4) is 0 Å². The molecule has 0 saturated heterocycles. The van der Waals surface area contributed by atoms with Crippen LogP contribution in [0.25, 0.3) is 22.0 Å². The Morgan fingerprint density at radius 2 is 1.85 bits per heavy atom. The maximum absolute atomic E-state index is 12.4. The van der Waals surface area contributed by atoms with Crippen molar-refractivity contribution in [3.05, 3.63) is 117 Å². The van der Waals surface area contributed by atoms with Crippen molar-refractivity contribution in [1.82, 2.24) is 19.5 Å². The Morgan fingerprint density at radius 1 is 1.00 bits per heavy atom. The summed E-state index contributed by atoms with van der Waals surface area (Å²) in [7, 11) is 1.80. The fourth-order valence-electron chi connectivity index (χ4n) is 4.10. The van der Waals surface area contributed by atoms with E-state index in [4.69, 9.17) is 23.2 Å². The highest BCUT2D eigenvalue weighted by Crippen LogP contribution is 2.38. The second-order valence-electron chi connectivity index (χ2n) is 7.78. The summed E-state index contributed by atoms with van der Waals surface area (Å²) in [5.74, 6) is 0. The molecule has 0 aliphatic carbocycles. The van der Waals surface area contributed by atoms with Crippen molar-refractivity contribution in [1.29, 1.82) is 0 Å². The normalized spacial score (nSPS) is 13.2. The van der Waals surface area contributed by atoms with Crippen molar-refractivity contribution in [3.8, 4) is 11.1 Å². The van der Waals surface area contributed by atoms with Gasteiger partial charge in [0.25, 0.3) is 0 Å². The van der Waals surface area contributed by atoms with Gasteiger partial charge >= 0.3 is 0 Å². The van der Waals surface area contributed by atoms with Crippen LogP contribution >= 0.6 is 23.2 Å². The molecule has 0 radical (unpaired) electrons. The first-order valence-electron chi connectivity index (χ1n) is 10.1. The minimum Gasteiger partial charge on any atom is -0.373 e. The monoisotopic (exact) mass is 476 g/mol. The molecule has 3 heterocycles. The van der Waals surface area contributed by atoms with Crippen molar-refractivity contribution in [2.75, 3.05) is 0 Å². The van der Waals surface area contributed by atoms with Gasteiger partial charge in [-0.2, -0.15) is 0 Å². The maximum atomic E-state index is 12.4. The SMILES string of the molecule is Cn1cncc1C(O)(c1ccc2[nH]c(=O)cc(-c3cccc(Cl)c3)c2c1)c1ccc(Cl)cn1. The zero-order valence-electron chi connectivity index (χ0n) is 17.5. The molecule has 2 N–H and O–H groups in total. The van der Waals surface area contributed by atoms with Gasteiger partial charge in [-0.25, -0.2) is 4.98 Å². The number of aromatic amines is 1. The fraction of sp³-hybridized carbons (Fsp3) is 0.0800. The Bertz CT molecular complexity index is 1540. The Labute approximate surface area is 199 Å². The number of aryl methyl sites for hydroxylation is 1. The van der Waals surface area contributed by atoms with Crippen LogP contribution in [-0.2, 0) is 12.6 Å². The topological polar surface area (TPSA) is 83.8 Å². The van der Waals surface area contributed by atoms with Crippen molar-refractivity contribution in [2.45, 2.75) is 5.60 Å². The molecule has 5 rings (SSSR count). The molecule has 33 heavy (non-hydrogen) atoms. The standard InChI is InChI=1S/C25H18Cl2N4O2/c1-31-14-28-13-23(31)25(33,22-8-6-18(27)12-29-22)16-5-7-21-20(10-16)19(11-24(32)30-21)15-3-2-4-17(26)9-15/h2-14,33H,1H3,(H,30,32). The molecule has 0 saturated carbocycles. The van der Waals surface area contributed by atoms with E-state index in [1.807, 2.05) is 18.2 Å². The summed E-state index contributed by atoms with van der Waals surface area (Å²) in [6.07, 6.45) is 4.71. The molecule has 1 atom stereocenters. The number of rotatable bonds is 4. The van der Waals surface area contributed by atoms with Gasteiger partial charge in [0.05, 0.1) is 28.9 Å². The number of nitrogens with zero attached hydrogens (tertiary/aromatic N) is 3. The molecule has 0 fully saturated rings. The van der Waals surface area contributed by atoms with Crippen LogP contribution in [0, 0.1) is 0 Å². The highest BCUT2D eigenvalue weighted by atomic mass is 35.5. The zero-order chi connectivity index (χ0) is 23.2. The van der Waals surface area contributed by atoms with Gasteiger partial charge in [0, 0.05) is 35.2 Å². The quantitative estimate of drug-likeness (QED) is 0.385. The van der Waals surface area contributed by atoms with Gasteiger partial charge in [-0.05, 0) is 53.1 Å². The predicted molar refractivity (Wildman–Crippen MR) is 130 cm³/mol. The molecule has 0 amide bonds. The maximum Gasteiger partial charge on any atom is 0.249 e. The second kappa shape index (κ2) is 8.15. The first kappa shape index (κ1) is 21.4. The van der Waals surface area contributed by atoms with Crippen LogP contribution in [0.15, 0.2) is 84.2 Å². The molecule has 6 nitrogen and oxygen atoms in total. The van der Waals surface area contributed by atoms with E-state index in [9.17, 15) is 9.90 Å². The average molecular weight is 477 g/mol. The summed E-state index contributed by atoms with van der Waals surface area (Å²) in [6, 6.07) is 17.6. The minimum atomic E-state index is -1.62. The largest absolute Gasteiger partial charge is 0.373 e. The van der Waals surface area contributed by atoms with Crippen molar-refractivity contribution in [2.24, 2.45) is 7.05 Å². The first-order chi connectivity index (χ1) is 15.9. The van der Waals surface area contributed by atoms with Crippen LogP contribution in [0.2, 0.25) is 10.0 Å². The number of hydrogen-bond acceptors (Lipinski definition) is 4. The Kier molecular flexibility index (Phi) is 5.29. The van der Waals surface area contributed by atoms with Gasteiger partial charge < -0.3 is 14.7 Å². The summed E-state index contributed by atoms with van der Waals surface area (Å²) in [5.41, 5.74) is 1.77. The van der Waals surface area contributed by atoms with E-state index in [0.29, 0.717) is 38.1 Å². The lowest BCUT2D eigenvalue weighted by Gasteiger charge is -2.29. The number of H-pyrrole nitrogens is 1. The van der Waals surface area contributed by atoms with Crippen molar-refractivity contribution < 1.29 is 5.11 Å². The lowest BCUT2D eigenvalue weighted by Crippen LogP contribution is -2.32. The third-order valence-corrected chi connectivity index (χ3v) is 6.14. The molecular formula is C25H18Cl2N4O2. The van der Waals surface area contributed by atoms with E-state index < -0.39 is 5.60 Å². The highest BCUT2D eigenvalue weighted by molar-refractivity contribution is 6.31. The van der Waals surface area contributed by atoms with Gasteiger partial charge in [0.2, 0.25) is 5.56 Å². The summed E-state index contributed by atoms with van der Waals surface area (Å²) in [6.45, 7) is 0. The van der Waals surface area contributed by atoms with E-state index in [-0.39, 0.29) is 5.56 Å². The number of benzene rings is 2. The van der Waals surface area contributed by atoms with Gasteiger partial charge in [0.1, 0.15) is 0 Å². The molecule has 0 aliphatic heterocycles. The number of aliphatic hydroxyl groups is 1. The number of hydrogen-bond donors (Lipinski definition) is 2. The Balaban J connectivity index is 1.81. The Hall–Kier alpha value is -3.45. The predicted octanol–water partition coefficient (Wildman–Crippen LogP) is 4.91. The molecule has 0 bridgehead atoms. The molecule has 8 heteroatoms. The number of nitrogens with one attached hydrogen (secondary N) is 1. The van der Waals surface area contributed by atoms with Crippen LogP contribution in [0.4, 0.5) is 0 Å². The highest BCUT2D eigenvalue weighted by Gasteiger charge is 2.38. The van der Waals surface area contributed by atoms with Crippen molar-refractivity contribution in [3.63, 3.8) is 0 Å². The summed E-state index contributed by atoms with van der Waals surface area (Å²) in [5, 5.41) is 13.9. The van der Waals surface area contributed by atoms with E-state index in [2.05, 4.69) is 15.0 Å². The van der Waals surface area contributed by atoms with E-state index in [0.717, 1.165) is 10.9 Å². The lowest BCUT2D eigenvalue weighted by atomic mass is 9.85. The summed E-state index contributed by atoms with van der Waals surface area (Å²) >= 11 is 12.3. The molecule has 0 aliphatic rings. The molecule has 1 unspecified atom stereocenters. The van der Waals surface area contributed by atoms with Gasteiger partial charge in [-0.3, -0.25) is 9.78 Å². The third kappa shape index (κ3) is 3.72. The lowest BCUT2D eigenvalue weighted by molar-refractivity contribution is 0.113. The van der Waals surface area contributed by atoms with Gasteiger partial charge in [0.15, 0.2) is 5.60 Å². The third-order valence-electron chi connectivity index (χ3n) is 5.68. The van der Waals surface area contributed by atoms with Gasteiger partial charge in [-0.15, -0.1) is 0 Å². The molecule has 164 valence electrons. The summed E-state index contributed by atoms with van der Waals surface area (Å²) < 4.78 is 1.74. The molecule has 2 aromatic carbocycles. The van der Waals surface area contributed by atoms with E-state index in [1.165, 1.54) is 12.3 Å². The zero-order valence-corrected chi connectivity index (χ0v) is 19.0. The van der Waals surface area contributed by atoms with Crippen LogP contribution in [-0.4, -0.2) is 24.6 Å². The smallest absolute Gasteiger partial charge is 0.249 e. The average Bonchev–Trinajstić information content (AvgIpc) is 3.24. The van der Waals surface area contributed by atoms with Crippen LogP contribution in [0.1, 0.15) is 17.0 Å². The number of imidazole rings is 1. The van der Waals surface area contributed by atoms with Crippen LogP contribution in [0.5, 0.6) is 0 Å². The van der Waals surface area contributed by atoms with E-state index in [1.54, 1.807) is 60.5 Å². The molecule has 0 spiro atoms. The number of fused-ring (bicyclic) bond motifs is 1. The van der Waals surface area contributed by atoms with Crippen molar-refractivity contribution >= 4 is 34.1 Å². The molecular weight excluding hydrogens is 459 g/mol. The Morgan fingerprint density at radius 3 is 2.55 bits per heavy atom.